The second kappa shape index (κ2) is 11.0. The highest BCUT2D eigenvalue weighted by Crippen LogP contribution is 2.34. The van der Waals surface area contributed by atoms with Crippen molar-refractivity contribution in [3.63, 3.8) is 0 Å². The van der Waals surface area contributed by atoms with Crippen molar-refractivity contribution >= 4 is 35.1 Å². The number of nitrogens with one attached hydrogen (secondary N) is 2. The van der Waals surface area contributed by atoms with E-state index < -0.39 is 54.6 Å². The number of hydrogen-bond acceptors (Lipinski definition) is 4. The molecule has 1 atom stereocenters. The summed E-state index contributed by atoms with van der Waals surface area (Å²) < 4.78 is 41.5. The fourth-order valence-corrected chi connectivity index (χ4v) is 2.95. The number of benzene rings is 2. The van der Waals surface area contributed by atoms with Crippen molar-refractivity contribution < 1.29 is 37.8 Å². The molecule has 2 aromatic carbocycles. The van der Waals surface area contributed by atoms with Gasteiger partial charge in [0.05, 0.1) is 12.0 Å². The molecule has 2 amide bonds. The summed E-state index contributed by atoms with van der Waals surface area (Å²) in [5.74, 6) is -3.52. The average molecular weight is 478 g/mol. The molecule has 0 aliphatic rings. The minimum absolute atomic E-state index is 0.0725. The van der Waals surface area contributed by atoms with Gasteiger partial charge in [0.25, 0.3) is 0 Å². The lowest BCUT2D eigenvalue weighted by atomic mass is 10.0. The minimum Gasteiger partial charge on any atom is -0.481 e. The number of hydrogen-bond donors (Lipinski definition) is 5. The van der Waals surface area contributed by atoms with Gasteiger partial charge in [-0.3, -0.25) is 15.1 Å². The number of rotatable bonds is 9. The normalized spacial score (nSPS) is 12.5. The number of halogens is 3. The molecule has 0 aliphatic carbocycles. The molecular formula is C22H21F3N4O5. The Bertz CT molecular complexity index is 1100. The zero-order valence-electron chi connectivity index (χ0n) is 17.5. The van der Waals surface area contributed by atoms with Gasteiger partial charge < -0.3 is 21.3 Å². The Morgan fingerprint density at radius 1 is 1.06 bits per heavy atom. The number of carbonyl (C=O) groups excluding carboxylic acids is 1. The maximum absolute atomic E-state index is 13.8. The first-order chi connectivity index (χ1) is 15.9. The Morgan fingerprint density at radius 2 is 1.68 bits per heavy atom. The van der Waals surface area contributed by atoms with Crippen LogP contribution in [0.15, 0.2) is 60.7 Å². The lowest BCUT2D eigenvalue weighted by molar-refractivity contribution is -0.145. The number of anilines is 1. The van der Waals surface area contributed by atoms with E-state index in [1.807, 2.05) is 5.32 Å². The predicted molar refractivity (Wildman–Crippen MR) is 117 cm³/mol. The number of nitrogen functional groups attached to an aromatic ring is 1. The minimum atomic E-state index is -4.83. The van der Waals surface area contributed by atoms with Gasteiger partial charge in [0.15, 0.2) is 0 Å². The zero-order chi connectivity index (χ0) is 25.5. The van der Waals surface area contributed by atoms with Crippen molar-refractivity contribution in [1.82, 2.24) is 5.32 Å². The summed E-state index contributed by atoms with van der Waals surface area (Å²) in [6.45, 7) is -0.631. The fourth-order valence-electron chi connectivity index (χ4n) is 2.95. The third-order valence-electron chi connectivity index (χ3n) is 4.56. The third kappa shape index (κ3) is 7.08. The van der Waals surface area contributed by atoms with Gasteiger partial charge in [0, 0.05) is 17.8 Å². The summed E-state index contributed by atoms with van der Waals surface area (Å²) in [5.41, 5.74) is 4.19. The van der Waals surface area contributed by atoms with E-state index in [4.69, 9.17) is 16.2 Å². The van der Waals surface area contributed by atoms with Crippen molar-refractivity contribution in [2.24, 2.45) is 5.73 Å². The number of amidine groups is 1. The molecule has 0 spiro atoms. The van der Waals surface area contributed by atoms with Gasteiger partial charge in [-0.2, -0.15) is 13.2 Å². The molecule has 2 rings (SSSR count). The third-order valence-corrected chi connectivity index (χ3v) is 4.56. The molecule has 0 heterocycles. The number of para-hydroxylation sites is 1. The number of alkyl halides is 3. The van der Waals surface area contributed by atoms with E-state index in [9.17, 15) is 32.7 Å². The predicted octanol–water partition coefficient (Wildman–Crippen LogP) is 3.06. The van der Waals surface area contributed by atoms with Crippen LogP contribution in [0.25, 0.3) is 5.57 Å². The van der Waals surface area contributed by atoms with Crippen LogP contribution in [-0.2, 0) is 9.59 Å². The van der Waals surface area contributed by atoms with Crippen molar-refractivity contribution in [3.05, 3.63) is 71.8 Å². The summed E-state index contributed by atoms with van der Waals surface area (Å²) >= 11 is 0. The van der Waals surface area contributed by atoms with Gasteiger partial charge in [-0.05, 0) is 23.8 Å². The Morgan fingerprint density at radius 3 is 2.21 bits per heavy atom. The van der Waals surface area contributed by atoms with Gasteiger partial charge in [-0.25, -0.2) is 9.59 Å². The highest BCUT2D eigenvalue weighted by atomic mass is 19.4. The molecule has 180 valence electrons. The van der Waals surface area contributed by atoms with E-state index in [0.29, 0.717) is 0 Å². The lowest BCUT2D eigenvalue weighted by Crippen LogP contribution is -2.49. The number of nitrogens with two attached hydrogens (primary N) is 1. The van der Waals surface area contributed by atoms with Gasteiger partial charge in [0.2, 0.25) is 0 Å². The molecule has 34 heavy (non-hydrogen) atoms. The first-order valence-corrected chi connectivity index (χ1v) is 9.70. The van der Waals surface area contributed by atoms with Crippen LogP contribution in [-0.4, -0.2) is 52.8 Å². The number of urea groups is 1. The molecule has 0 saturated carbocycles. The molecule has 0 aliphatic heterocycles. The second-order valence-corrected chi connectivity index (χ2v) is 6.99. The molecule has 0 bridgehead atoms. The Labute approximate surface area is 191 Å². The first kappa shape index (κ1) is 25.9. The monoisotopic (exact) mass is 478 g/mol. The number of aliphatic carboxylic acids is 2. The molecule has 0 fully saturated rings. The lowest BCUT2D eigenvalue weighted by Gasteiger charge is -2.24. The van der Waals surface area contributed by atoms with E-state index >= 15 is 0 Å². The summed E-state index contributed by atoms with van der Waals surface area (Å²) in [6, 6.07) is 9.52. The molecule has 12 heteroatoms. The van der Waals surface area contributed by atoms with Gasteiger partial charge >= 0.3 is 24.1 Å². The van der Waals surface area contributed by atoms with E-state index in [2.05, 4.69) is 0 Å². The SMILES string of the molecule is N=C(N)c1cccc(C(=CCN(C(=O)NC(CC(=O)O)C(=O)O)c2ccccc2)C(F)(F)F)c1. The van der Waals surface area contributed by atoms with Gasteiger partial charge in [-0.1, -0.05) is 42.5 Å². The van der Waals surface area contributed by atoms with E-state index in [1.165, 1.54) is 42.5 Å². The standard InChI is InChI=1S/C22H21F3N4O5/c23-22(24,25)16(13-5-4-6-14(11-13)19(26)27)9-10-29(15-7-2-1-3-8-15)21(34)28-17(20(32)33)12-18(30)31/h1-9,11,17H,10,12H2,(H3,26,27)(H,28,34)(H,30,31)(H,32,33). The van der Waals surface area contributed by atoms with Crippen LogP contribution < -0.4 is 16.0 Å². The maximum Gasteiger partial charge on any atom is 0.416 e. The van der Waals surface area contributed by atoms with E-state index in [1.54, 1.807) is 6.07 Å². The van der Waals surface area contributed by atoms with E-state index in [0.717, 1.165) is 17.0 Å². The van der Waals surface area contributed by atoms with Crippen LogP contribution in [0.5, 0.6) is 0 Å². The number of carboxylic acids is 2. The molecular weight excluding hydrogens is 457 g/mol. The summed E-state index contributed by atoms with van der Waals surface area (Å²) in [6.07, 6.45) is -5.02. The van der Waals surface area contributed by atoms with Crippen LogP contribution >= 0.6 is 0 Å². The molecule has 0 aromatic heterocycles. The smallest absolute Gasteiger partial charge is 0.416 e. The quantitative estimate of drug-likeness (QED) is 0.275. The van der Waals surface area contributed by atoms with Crippen LogP contribution in [0.2, 0.25) is 0 Å². The van der Waals surface area contributed by atoms with Crippen molar-refractivity contribution in [2.45, 2.75) is 18.6 Å². The number of amides is 2. The average Bonchev–Trinajstić information content (AvgIpc) is 2.75. The summed E-state index contributed by atoms with van der Waals surface area (Å²) in [5, 5.41) is 27.5. The van der Waals surface area contributed by atoms with Crippen LogP contribution in [0.1, 0.15) is 17.5 Å². The fraction of sp³-hybridized carbons (Fsp3) is 0.182. The molecule has 2 aromatic rings. The number of carbonyl (C=O) groups is 3. The van der Waals surface area contributed by atoms with Crippen molar-refractivity contribution in [1.29, 1.82) is 5.41 Å². The van der Waals surface area contributed by atoms with E-state index in [-0.39, 0.29) is 16.8 Å². The summed E-state index contributed by atoms with van der Waals surface area (Å²) in [7, 11) is 0. The highest BCUT2D eigenvalue weighted by molar-refractivity contribution is 5.97. The van der Waals surface area contributed by atoms with Crippen molar-refractivity contribution in [2.75, 3.05) is 11.4 Å². The van der Waals surface area contributed by atoms with Crippen LogP contribution in [0.3, 0.4) is 0 Å². The second-order valence-electron chi connectivity index (χ2n) is 6.99. The first-order valence-electron chi connectivity index (χ1n) is 9.70. The number of nitrogens with zero attached hydrogens (tertiary/aromatic N) is 1. The van der Waals surface area contributed by atoms with Gasteiger partial charge in [0.1, 0.15) is 11.9 Å². The Balaban J connectivity index is 2.45. The molecule has 1 unspecified atom stereocenters. The highest BCUT2D eigenvalue weighted by Gasteiger charge is 2.35. The Hall–Kier alpha value is -4.35. The molecule has 0 saturated heterocycles. The van der Waals surface area contributed by atoms with Crippen LogP contribution in [0, 0.1) is 5.41 Å². The topological polar surface area (TPSA) is 157 Å². The largest absolute Gasteiger partial charge is 0.481 e. The Kier molecular flexibility index (Phi) is 8.37. The molecule has 9 nitrogen and oxygen atoms in total. The number of carboxylic acid groups (broad SMARTS) is 2. The van der Waals surface area contributed by atoms with Crippen LogP contribution in [0.4, 0.5) is 23.7 Å². The van der Waals surface area contributed by atoms with Gasteiger partial charge in [-0.15, -0.1) is 0 Å². The zero-order valence-corrected chi connectivity index (χ0v) is 17.5. The molecule has 6 N–H and O–H groups in total. The number of allylic oxidation sites excluding steroid dienone is 1. The molecule has 0 radical (unpaired) electrons. The maximum atomic E-state index is 13.8. The van der Waals surface area contributed by atoms with Crippen molar-refractivity contribution in [3.8, 4) is 0 Å². The summed E-state index contributed by atoms with van der Waals surface area (Å²) in [4.78, 5) is 35.9.